The molecule has 33 heavy (non-hydrogen) atoms. The maximum atomic E-state index is 13.3. The second-order valence-electron chi connectivity index (χ2n) is 8.70. The van der Waals surface area contributed by atoms with Crippen molar-refractivity contribution in [1.29, 1.82) is 0 Å². The Kier molecular flexibility index (Phi) is 7.72. The first kappa shape index (κ1) is 25.1. The van der Waals surface area contributed by atoms with Gasteiger partial charge >= 0.3 is 12.1 Å². The molecule has 9 heteroatoms. The molecule has 0 radical (unpaired) electrons. The van der Waals surface area contributed by atoms with Crippen LogP contribution in [-0.4, -0.2) is 28.0 Å². The molecule has 5 nitrogen and oxygen atoms in total. The lowest BCUT2D eigenvalue weighted by Crippen LogP contribution is -2.42. The van der Waals surface area contributed by atoms with Crippen molar-refractivity contribution in [3.63, 3.8) is 0 Å². The molecule has 1 aromatic carbocycles. The normalized spacial score (nSPS) is 18.9. The molecule has 1 aliphatic carbocycles. The zero-order valence-electron chi connectivity index (χ0n) is 18.7. The van der Waals surface area contributed by atoms with Gasteiger partial charge in [-0.05, 0) is 75.8 Å². The van der Waals surface area contributed by atoms with Gasteiger partial charge in [0.1, 0.15) is 5.03 Å². The highest BCUT2D eigenvalue weighted by molar-refractivity contribution is 7.99. The van der Waals surface area contributed by atoms with Crippen molar-refractivity contribution in [1.82, 2.24) is 4.98 Å². The van der Waals surface area contributed by atoms with Gasteiger partial charge < -0.3 is 10.0 Å². The molecule has 1 aromatic heterocycles. The Morgan fingerprint density at radius 2 is 1.82 bits per heavy atom. The molecule has 1 saturated carbocycles. The van der Waals surface area contributed by atoms with E-state index in [2.05, 4.69) is 11.9 Å². The van der Waals surface area contributed by atoms with E-state index in [1.807, 2.05) is 13.8 Å². The minimum atomic E-state index is -4.58. The predicted octanol–water partition coefficient (Wildman–Crippen LogP) is 6.52. The molecule has 0 bridgehead atoms. The van der Waals surface area contributed by atoms with E-state index in [0.29, 0.717) is 10.8 Å². The van der Waals surface area contributed by atoms with Gasteiger partial charge in [-0.1, -0.05) is 18.7 Å². The highest BCUT2D eigenvalue weighted by Gasteiger charge is 2.35. The number of hydrogen-bond acceptors (Lipinski definition) is 4. The first-order valence-electron chi connectivity index (χ1n) is 10.9. The van der Waals surface area contributed by atoms with Crippen LogP contribution in [0.3, 0.4) is 0 Å². The van der Waals surface area contributed by atoms with Crippen LogP contribution in [-0.2, 0) is 11.0 Å². The van der Waals surface area contributed by atoms with Crippen molar-refractivity contribution in [3.05, 3.63) is 47.7 Å². The highest BCUT2D eigenvalue weighted by atomic mass is 32.2. The van der Waals surface area contributed by atoms with Crippen LogP contribution in [0.15, 0.2) is 46.5 Å². The van der Waals surface area contributed by atoms with E-state index >= 15 is 0 Å². The van der Waals surface area contributed by atoms with Gasteiger partial charge in [-0.15, -0.1) is 0 Å². The van der Waals surface area contributed by atoms with Gasteiger partial charge in [0, 0.05) is 23.1 Å². The lowest BCUT2D eigenvalue weighted by Gasteiger charge is -2.34. The average Bonchev–Trinajstić information content (AvgIpc) is 2.74. The number of carboxylic acid groups (broad SMARTS) is 1. The molecule has 0 spiro atoms. The summed E-state index contributed by atoms with van der Waals surface area (Å²) >= 11 is 0.740. The number of hydrogen-bond donors (Lipinski definition) is 1. The molecule has 178 valence electrons. The van der Waals surface area contributed by atoms with Gasteiger partial charge in [0.25, 0.3) is 0 Å². The van der Waals surface area contributed by atoms with E-state index in [0.717, 1.165) is 43.5 Å². The van der Waals surface area contributed by atoms with Gasteiger partial charge in [-0.25, -0.2) is 9.78 Å². The van der Waals surface area contributed by atoms with Gasteiger partial charge in [0.05, 0.1) is 16.8 Å². The number of pyridine rings is 1. The number of alkyl halides is 3. The minimum absolute atomic E-state index is 0.108. The average molecular weight is 481 g/mol. The summed E-state index contributed by atoms with van der Waals surface area (Å²) in [5.74, 6) is -0.952. The zero-order chi connectivity index (χ0) is 24.3. The second-order valence-corrected chi connectivity index (χ2v) is 9.76. The summed E-state index contributed by atoms with van der Waals surface area (Å²) in [7, 11) is 0. The van der Waals surface area contributed by atoms with Gasteiger partial charge in [0.2, 0.25) is 5.91 Å². The van der Waals surface area contributed by atoms with Crippen molar-refractivity contribution in [2.24, 2.45) is 11.8 Å². The number of anilines is 1. The van der Waals surface area contributed by atoms with Gasteiger partial charge in [-0.2, -0.15) is 13.2 Å². The Balaban J connectivity index is 1.95. The maximum absolute atomic E-state index is 13.3. The lowest BCUT2D eigenvalue weighted by atomic mass is 9.82. The lowest BCUT2D eigenvalue weighted by molar-refractivity contribution is -0.140. The smallest absolute Gasteiger partial charge is 0.419 e. The van der Waals surface area contributed by atoms with E-state index < -0.39 is 17.7 Å². The summed E-state index contributed by atoms with van der Waals surface area (Å²) < 4.78 is 39.9. The Bertz CT molecular complexity index is 1020. The topological polar surface area (TPSA) is 70.5 Å². The van der Waals surface area contributed by atoms with Crippen molar-refractivity contribution >= 4 is 29.3 Å². The molecule has 0 aliphatic heterocycles. The maximum Gasteiger partial charge on any atom is 0.419 e. The third-order valence-corrected chi connectivity index (χ3v) is 6.88. The molecule has 1 aliphatic rings. The summed E-state index contributed by atoms with van der Waals surface area (Å²) in [6.45, 7) is 5.80. The quantitative estimate of drug-likeness (QED) is 0.510. The Morgan fingerprint density at radius 1 is 1.15 bits per heavy atom. The molecule has 1 heterocycles. The van der Waals surface area contributed by atoms with Crippen LogP contribution >= 0.6 is 11.8 Å². The Hall–Kier alpha value is -2.55. The van der Waals surface area contributed by atoms with E-state index in [4.69, 9.17) is 0 Å². The highest BCUT2D eigenvalue weighted by Crippen LogP contribution is 2.40. The number of aromatic nitrogens is 1. The largest absolute Gasteiger partial charge is 0.478 e. The van der Waals surface area contributed by atoms with Crippen molar-refractivity contribution in [3.8, 4) is 0 Å². The molecule has 2 aromatic rings. The summed E-state index contributed by atoms with van der Waals surface area (Å²) in [6, 6.07) is 6.21. The number of rotatable bonds is 6. The fourth-order valence-electron chi connectivity index (χ4n) is 4.11. The van der Waals surface area contributed by atoms with E-state index in [-0.39, 0.29) is 34.1 Å². The number of carboxylic acids is 1. The first-order chi connectivity index (χ1) is 15.5. The van der Waals surface area contributed by atoms with Crippen LogP contribution in [0.2, 0.25) is 0 Å². The molecule has 1 amide bonds. The number of nitrogens with zero attached hydrogens (tertiary/aromatic N) is 2. The van der Waals surface area contributed by atoms with E-state index in [1.165, 1.54) is 35.4 Å². The van der Waals surface area contributed by atoms with Crippen LogP contribution in [0.1, 0.15) is 62.4 Å². The van der Waals surface area contributed by atoms with Crippen LogP contribution < -0.4 is 4.90 Å². The van der Waals surface area contributed by atoms with Crippen molar-refractivity contribution in [2.45, 2.75) is 68.6 Å². The number of amides is 1. The first-order valence-corrected chi connectivity index (χ1v) is 11.7. The molecular formula is C24H27F3N2O3S. The van der Waals surface area contributed by atoms with Crippen LogP contribution in [0.5, 0.6) is 0 Å². The van der Waals surface area contributed by atoms with Crippen molar-refractivity contribution in [2.75, 3.05) is 4.90 Å². The van der Waals surface area contributed by atoms with E-state index in [9.17, 15) is 27.9 Å². The predicted molar refractivity (Wildman–Crippen MR) is 121 cm³/mol. The zero-order valence-corrected chi connectivity index (χ0v) is 19.5. The molecule has 0 unspecified atom stereocenters. The molecule has 0 saturated heterocycles. The summed E-state index contributed by atoms with van der Waals surface area (Å²) in [6.07, 6.45) is 0.113. The summed E-state index contributed by atoms with van der Waals surface area (Å²) in [5.41, 5.74) is -0.764. The molecular weight excluding hydrogens is 453 g/mol. The fourth-order valence-corrected chi connectivity index (χ4v) is 5.06. The third-order valence-electron chi connectivity index (χ3n) is 5.87. The van der Waals surface area contributed by atoms with Gasteiger partial charge in [0.15, 0.2) is 0 Å². The van der Waals surface area contributed by atoms with Crippen molar-refractivity contribution < 1.29 is 27.9 Å². The van der Waals surface area contributed by atoms with E-state index in [1.54, 1.807) is 0 Å². The number of carbonyl (C=O) groups is 2. The van der Waals surface area contributed by atoms with Crippen LogP contribution in [0.25, 0.3) is 0 Å². The second kappa shape index (κ2) is 10.2. The Labute approximate surface area is 195 Å². The summed E-state index contributed by atoms with van der Waals surface area (Å²) in [5, 5.41) is 9.59. The van der Waals surface area contributed by atoms with Crippen LogP contribution in [0.4, 0.5) is 18.9 Å². The monoisotopic (exact) mass is 480 g/mol. The number of carbonyl (C=O) groups excluding carboxylic acids is 1. The minimum Gasteiger partial charge on any atom is -0.478 e. The number of halogens is 3. The fraction of sp³-hybridized carbons (Fsp3) is 0.458. The van der Waals surface area contributed by atoms with Gasteiger partial charge in [-0.3, -0.25) is 4.79 Å². The van der Waals surface area contributed by atoms with Crippen LogP contribution in [0, 0.1) is 11.8 Å². The standard InChI is InChI=1S/C24H27F3N2O3S/c1-14(2)29(22(30)16-8-6-15(3)7-9-16)20-11-10-17(13-18(20)23(31)32)33-21-19(24(25,26)27)5-4-12-28-21/h4-5,10-16H,6-9H2,1-3H3,(H,31,32). The molecule has 1 N–H and O–H groups in total. The number of aromatic carboxylic acids is 1. The SMILES string of the molecule is CC1CCC(C(=O)N(c2ccc(Sc3ncccc3C(F)(F)F)cc2C(=O)O)C(C)C)CC1. The molecule has 3 rings (SSSR count). The number of benzene rings is 1. The third kappa shape index (κ3) is 5.88. The Morgan fingerprint density at radius 3 is 2.39 bits per heavy atom. The molecule has 1 fully saturated rings. The summed E-state index contributed by atoms with van der Waals surface area (Å²) in [4.78, 5) is 31.1. The molecule has 0 atom stereocenters.